The minimum absolute atomic E-state index is 0.0695. The number of fused-ring (bicyclic) bond motifs is 1. The Morgan fingerprint density at radius 1 is 1.11 bits per heavy atom. The van der Waals surface area contributed by atoms with Crippen LogP contribution in [0.4, 0.5) is 5.00 Å². The molecule has 1 aromatic heterocycles. The summed E-state index contributed by atoms with van der Waals surface area (Å²) in [7, 11) is 0. The van der Waals surface area contributed by atoms with Crippen molar-refractivity contribution >= 4 is 22.2 Å². The standard InChI is InChI=1S/C23H36N2OS/c1-3-5-6-7-8-9-10-11-12-13-22(26)25-23-20(17-24)19-15-14-18(4-2)16-21(19)27-23/h18H,3-16H2,1-2H3,(H,25,26). The first-order valence-corrected chi connectivity index (χ1v) is 11.9. The molecule has 1 aliphatic rings. The maximum Gasteiger partial charge on any atom is 0.225 e. The van der Waals surface area contributed by atoms with Gasteiger partial charge in [0, 0.05) is 11.3 Å². The Bertz CT molecular complexity index is 629. The third-order valence-electron chi connectivity index (χ3n) is 5.82. The van der Waals surface area contributed by atoms with Gasteiger partial charge >= 0.3 is 0 Å². The van der Waals surface area contributed by atoms with Crippen molar-refractivity contribution in [1.29, 1.82) is 5.26 Å². The summed E-state index contributed by atoms with van der Waals surface area (Å²) in [6, 6.07) is 2.34. The SMILES string of the molecule is CCCCCCCCCCCC(=O)Nc1sc2c(c1C#N)CCC(CC)C2. The largest absolute Gasteiger partial charge is 0.317 e. The van der Waals surface area contributed by atoms with E-state index in [0.717, 1.165) is 42.2 Å². The van der Waals surface area contributed by atoms with E-state index in [2.05, 4.69) is 25.2 Å². The van der Waals surface area contributed by atoms with Crippen LogP contribution in [0.25, 0.3) is 0 Å². The van der Waals surface area contributed by atoms with E-state index in [1.54, 1.807) is 11.3 Å². The molecule has 0 fully saturated rings. The summed E-state index contributed by atoms with van der Waals surface area (Å²) in [5.41, 5.74) is 1.93. The zero-order chi connectivity index (χ0) is 19.5. The van der Waals surface area contributed by atoms with Gasteiger partial charge in [0.25, 0.3) is 0 Å². The molecule has 3 nitrogen and oxygen atoms in total. The smallest absolute Gasteiger partial charge is 0.225 e. The summed E-state index contributed by atoms with van der Waals surface area (Å²) in [6.45, 7) is 4.49. The van der Waals surface area contributed by atoms with Gasteiger partial charge in [-0.25, -0.2) is 0 Å². The molecule has 0 aliphatic heterocycles. The predicted molar refractivity (Wildman–Crippen MR) is 115 cm³/mol. The molecule has 2 rings (SSSR count). The van der Waals surface area contributed by atoms with E-state index in [1.165, 1.54) is 68.2 Å². The van der Waals surface area contributed by atoms with Gasteiger partial charge in [-0.2, -0.15) is 5.26 Å². The van der Waals surface area contributed by atoms with E-state index in [-0.39, 0.29) is 5.91 Å². The molecule has 1 heterocycles. The van der Waals surface area contributed by atoms with Gasteiger partial charge in [0.1, 0.15) is 11.1 Å². The molecule has 0 saturated carbocycles. The van der Waals surface area contributed by atoms with Crippen molar-refractivity contribution in [2.24, 2.45) is 5.92 Å². The Morgan fingerprint density at radius 3 is 2.41 bits per heavy atom. The minimum Gasteiger partial charge on any atom is -0.317 e. The fourth-order valence-corrected chi connectivity index (χ4v) is 5.32. The molecule has 0 bridgehead atoms. The van der Waals surface area contributed by atoms with Crippen molar-refractivity contribution in [3.8, 4) is 6.07 Å². The second-order valence-corrected chi connectivity index (χ2v) is 9.07. The van der Waals surface area contributed by atoms with E-state index < -0.39 is 0 Å². The highest BCUT2D eigenvalue weighted by molar-refractivity contribution is 7.16. The number of anilines is 1. The molecule has 27 heavy (non-hydrogen) atoms. The van der Waals surface area contributed by atoms with Crippen molar-refractivity contribution in [2.45, 2.75) is 104 Å². The number of carbonyl (C=O) groups excluding carboxylic acids is 1. The summed E-state index contributed by atoms with van der Waals surface area (Å²) >= 11 is 1.64. The molecule has 1 atom stereocenters. The quantitative estimate of drug-likeness (QED) is 0.392. The first-order valence-electron chi connectivity index (χ1n) is 11.0. The first-order chi connectivity index (χ1) is 13.2. The zero-order valence-corrected chi connectivity index (χ0v) is 18.1. The summed E-state index contributed by atoms with van der Waals surface area (Å²) in [5.74, 6) is 0.799. The van der Waals surface area contributed by atoms with Crippen LogP contribution in [0, 0.1) is 17.2 Å². The van der Waals surface area contributed by atoms with Crippen LogP contribution in [0.1, 0.15) is 107 Å². The number of nitriles is 1. The van der Waals surface area contributed by atoms with Gasteiger partial charge in [-0.15, -0.1) is 11.3 Å². The fraction of sp³-hybridized carbons (Fsp3) is 0.739. The maximum atomic E-state index is 12.3. The molecule has 1 aliphatic carbocycles. The van der Waals surface area contributed by atoms with E-state index in [1.807, 2.05) is 0 Å². The number of carbonyl (C=O) groups is 1. The van der Waals surface area contributed by atoms with Crippen molar-refractivity contribution < 1.29 is 4.79 Å². The van der Waals surface area contributed by atoms with Crippen molar-refractivity contribution in [3.05, 3.63) is 16.0 Å². The summed E-state index contributed by atoms with van der Waals surface area (Å²) in [4.78, 5) is 13.6. The van der Waals surface area contributed by atoms with Crippen LogP contribution in [-0.2, 0) is 17.6 Å². The molecule has 1 N–H and O–H groups in total. The van der Waals surface area contributed by atoms with Crippen LogP contribution >= 0.6 is 11.3 Å². The lowest BCUT2D eigenvalue weighted by Gasteiger charge is -2.20. The highest BCUT2D eigenvalue weighted by Gasteiger charge is 2.25. The molecule has 1 aromatic rings. The molecule has 1 unspecified atom stereocenters. The van der Waals surface area contributed by atoms with E-state index in [9.17, 15) is 10.1 Å². The van der Waals surface area contributed by atoms with Gasteiger partial charge in [0.05, 0.1) is 5.56 Å². The van der Waals surface area contributed by atoms with Gasteiger partial charge in [0.15, 0.2) is 0 Å². The van der Waals surface area contributed by atoms with Gasteiger partial charge in [-0.3, -0.25) is 4.79 Å². The summed E-state index contributed by atoms with van der Waals surface area (Å²) < 4.78 is 0. The third kappa shape index (κ3) is 6.96. The number of unbranched alkanes of at least 4 members (excludes halogenated alkanes) is 8. The number of nitrogens with one attached hydrogen (secondary N) is 1. The zero-order valence-electron chi connectivity index (χ0n) is 17.2. The Hall–Kier alpha value is -1.34. The Kier molecular flexibility index (Phi) is 9.91. The molecule has 0 spiro atoms. The molecular formula is C23H36N2OS. The fourth-order valence-electron chi connectivity index (χ4n) is 3.99. The van der Waals surface area contributed by atoms with Crippen molar-refractivity contribution in [2.75, 3.05) is 5.32 Å². The molecule has 1 amide bonds. The van der Waals surface area contributed by atoms with E-state index >= 15 is 0 Å². The molecule has 0 aromatic carbocycles. The number of rotatable bonds is 12. The molecular weight excluding hydrogens is 352 g/mol. The number of nitrogens with zero attached hydrogens (tertiary/aromatic N) is 1. The van der Waals surface area contributed by atoms with Gasteiger partial charge in [0.2, 0.25) is 5.91 Å². The van der Waals surface area contributed by atoms with Crippen LogP contribution < -0.4 is 5.32 Å². The lowest BCUT2D eigenvalue weighted by molar-refractivity contribution is -0.116. The highest BCUT2D eigenvalue weighted by Crippen LogP contribution is 2.40. The van der Waals surface area contributed by atoms with Crippen LogP contribution in [0.2, 0.25) is 0 Å². The van der Waals surface area contributed by atoms with E-state index in [4.69, 9.17) is 0 Å². The average Bonchev–Trinajstić information content (AvgIpc) is 3.02. The topological polar surface area (TPSA) is 52.9 Å². The minimum atomic E-state index is 0.0695. The second kappa shape index (κ2) is 12.2. The van der Waals surface area contributed by atoms with Crippen LogP contribution in [0.5, 0.6) is 0 Å². The number of hydrogen-bond acceptors (Lipinski definition) is 3. The number of thiophene rings is 1. The van der Waals surface area contributed by atoms with E-state index in [0.29, 0.717) is 6.42 Å². The number of amides is 1. The van der Waals surface area contributed by atoms with Crippen LogP contribution in [0.15, 0.2) is 0 Å². The van der Waals surface area contributed by atoms with Crippen LogP contribution in [0.3, 0.4) is 0 Å². The summed E-state index contributed by atoms with van der Waals surface area (Å²) in [5, 5.41) is 13.4. The van der Waals surface area contributed by atoms with Crippen molar-refractivity contribution in [3.63, 3.8) is 0 Å². The van der Waals surface area contributed by atoms with Gasteiger partial charge < -0.3 is 5.32 Å². The second-order valence-electron chi connectivity index (χ2n) is 7.96. The Morgan fingerprint density at radius 2 is 1.78 bits per heavy atom. The number of hydrogen-bond donors (Lipinski definition) is 1. The maximum absolute atomic E-state index is 12.3. The first kappa shape index (κ1) is 22.0. The normalized spacial score (nSPS) is 16.0. The molecule has 0 saturated heterocycles. The highest BCUT2D eigenvalue weighted by atomic mass is 32.1. The van der Waals surface area contributed by atoms with Gasteiger partial charge in [-0.05, 0) is 37.2 Å². The summed E-state index contributed by atoms with van der Waals surface area (Å²) in [6.07, 6.45) is 16.3. The van der Waals surface area contributed by atoms with Crippen LogP contribution in [-0.4, -0.2) is 5.91 Å². The third-order valence-corrected chi connectivity index (χ3v) is 6.99. The predicted octanol–water partition coefficient (Wildman–Crippen LogP) is 6.99. The molecule has 150 valence electrons. The lowest BCUT2D eigenvalue weighted by Crippen LogP contribution is -2.12. The Labute approximate surface area is 169 Å². The van der Waals surface area contributed by atoms with Gasteiger partial charge in [-0.1, -0.05) is 71.6 Å². The average molecular weight is 389 g/mol. The van der Waals surface area contributed by atoms with Crippen molar-refractivity contribution in [1.82, 2.24) is 0 Å². The molecule has 0 radical (unpaired) electrons. The molecule has 4 heteroatoms. The Balaban J connectivity index is 1.70. The lowest BCUT2D eigenvalue weighted by atomic mass is 9.86. The monoisotopic (exact) mass is 388 g/mol.